The molecule has 0 heterocycles. The van der Waals surface area contributed by atoms with Crippen molar-refractivity contribution in [2.24, 2.45) is 16.8 Å². The summed E-state index contributed by atoms with van der Waals surface area (Å²) in [5, 5.41) is 0. The first kappa shape index (κ1) is 12.8. The van der Waals surface area contributed by atoms with Crippen molar-refractivity contribution < 1.29 is 18.9 Å². The van der Waals surface area contributed by atoms with Gasteiger partial charge in [-0.3, -0.25) is 0 Å². The predicted octanol–water partition coefficient (Wildman–Crippen LogP) is -0.465. The topological polar surface area (TPSA) is 12.4 Å². The average molecular weight is 133 g/mol. The molecule has 0 spiro atoms. The number of hydrogen-bond acceptors (Lipinski definition) is 1. The molecular formula is C8H16LiN. The minimum absolute atomic E-state index is 0. The molecule has 0 aromatic heterocycles. The van der Waals surface area contributed by atoms with Crippen LogP contribution in [0, 0.1) is 18.4 Å². The second kappa shape index (κ2) is 7.25. The molecule has 0 aromatic carbocycles. The largest absolute Gasteiger partial charge is 1.00 e. The minimum atomic E-state index is 0. The molecule has 0 fully saturated rings. The molecule has 0 unspecified atom stereocenters. The summed E-state index contributed by atoms with van der Waals surface area (Å²) in [5.41, 5.74) is 0. The van der Waals surface area contributed by atoms with Crippen LogP contribution in [0.4, 0.5) is 0 Å². The van der Waals surface area contributed by atoms with E-state index in [0.717, 1.165) is 0 Å². The van der Waals surface area contributed by atoms with Gasteiger partial charge in [-0.15, -0.1) is 12.8 Å². The fourth-order valence-corrected chi connectivity index (χ4v) is 0.394. The number of aliphatic imine (C=N–C) groups is 1. The Labute approximate surface area is 76.5 Å². The number of nitrogens with zero attached hydrogens (tertiary/aromatic N) is 1. The maximum absolute atomic E-state index is 4.12. The monoisotopic (exact) mass is 133 g/mol. The third kappa shape index (κ3) is 11.0. The van der Waals surface area contributed by atoms with Gasteiger partial charge in [-0.05, 0) is 0 Å². The van der Waals surface area contributed by atoms with Crippen molar-refractivity contribution in [1.82, 2.24) is 0 Å². The van der Waals surface area contributed by atoms with E-state index in [1.54, 1.807) is 0 Å². The first-order valence-electron chi connectivity index (χ1n) is 3.49. The van der Waals surface area contributed by atoms with Gasteiger partial charge in [0.15, 0.2) is 0 Å². The molecule has 0 amide bonds. The van der Waals surface area contributed by atoms with Crippen LogP contribution in [0.1, 0.15) is 27.7 Å². The summed E-state index contributed by atoms with van der Waals surface area (Å²) in [6.07, 6.45) is 1.96. The van der Waals surface area contributed by atoms with Crippen LogP contribution in [0.25, 0.3) is 0 Å². The van der Waals surface area contributed by atoms with Crippen molar-refractivity contribution in [3.05, 3.63) is 6.54 Å². The van der Waals surface area contributed by atoms with Crippen LogP contribution >= 0.6 is 0 Å². The van der Waals surface area contributed by atoms with Crippen LogP contribution < -0.4 is 18.9 Å². The molecule has 0 N–H and O–H groups in total. The van der Waals surface area contributed by atoms with Gasteiger partial charge in [0.2, 0.25) is 0 Å². The zero-order valence-corrected chi connectivity index (χ0v) is 7.76. The molecule has 1 nitrogen and oxygen atoms in total. The minimum Gasteiger partial charge on any atom is -0.457 e. The van der Waals surface area contributed by atoms with Gasteiger partial charge in [0.1, 0.15) is 0 Å². The van der Waals surface area contributed by atoms with Crippen molar-refractivity contribution >= 4 is 6.21 Å². The smallest absolute Gasteiger partial charge is 0.457 e. The van der Waals surface area contributed by atoms with Crippen LogP contribution in [0.5, 0.6) is 0 Å². The maximum atomic E-state index is 4.12. The Kier molecular flexibility index (Phi) is 9.26. The van der Waals surface area contributed by atoms with Gasteiger partial charge in [0.25, 0.3) is 0 Å². The van der Waals surface area contributed by atoms with E-state index in [1.165, 1.54) is 0 Å². The van der Waals surface area contributed by atoms with Crippen molar-refractivity contribution in [2.45, 2.75) is 27.7 Å². The van der Waals surface area contributed by atoms with E-state index in [0.29, 0.717) is 11.8 Å². The summed E-state index contributed by atoms with van der Waals surface area (Å²) in [6, 6.07) is 0. The molecule has 54 valence electrons. The second-order valence-electron chi connectivity index (χ2n) is 2.94. The first-order chi connectivity index (χ1) is 4.13. The summed E-state index contributed by atoms with van der Waals surface area (Å²) in [7, 11) is 0. The van der Waals surface area contributed by atoms with E-state index >= 15 is 0 Å². The van der Waals surface area contributed by atoms with E-state index in [2.05, 4.69) is 32.7 Å². The molecular weight excluding hydrogens is 117 g/mol. The van der Waals surface area contributed by atoms with E-state index < -0.39 is 0 Å². The Morgan fingerprint density at radius 1 is 1.20 bits per heavy atom. The Morgan fingerprint density at radius 2 is 1.70 bits per heavy atom. The third-order valence-corrected chi connectivity index (χ3v) is 0.768. The molecule has 0 bridgehead atoms. The van der Waals surface area contributed by atoms with E-state index in [1.807, 2.05) is 12.8 Å². The Hall–Kier alpha value is 0.137. The molecule has 0 aromatic rings. The second-order valence-corrected chi connectivity index (χ2v) is 2.94. The van der Waals surface area contributed by atoms with Crippen molar-refractivity contribution in [1.29, 1.82) is 0 Å². The van der Waals surface area contributed by atoms with Crippen molar-refractivity contribution in [3.8, 4) is 0 Å². The van der Waals surface area contributed by atoms with Crippen LogP contribution in [-0.4, -0.2) is 6.21 Å². The summed E-state index contributed by atoms with van der Waals surface area (Å²) < 4.78 is 0. The fourth-order valence-electron chi connectivity index (χ4n) is 0.394. The van der Waals surface area contributed by atoms with Crippen molar-refractivity contribution in [3.63, 3.8) is 0 Å². The number of hydrogen-bond donors (Lipinski definition) is 0. The summed E-state index contributed by atoms with van der Waals surface area (Å²) in [5.74, 6) is 1.14. The van der Waals surface area contributed by atoms with Gasteiger partial charge in [-0.25, -0.2) is 0 Å². The predicted molar refractivity (Wildman–Crippen MR) is 42.5 cm³/mol. The van der Waals surface area contributed by atoms with Gasteiger partial charge in [-0.1, -0.05) is 39.5 Å². The van der Waals surface area contributed by atoms with Crippen LogP contribution in [0.2, 0.25) is 0 Å². The summed E-state index contributed by atoms with van der Waals surface area (Å²) >= 11 is 0. The Balaban J connectivity index is 0. The fraction of sp³-hybridized carbons (Fsp3) is 0.750. The van der Waals surface area contributed by atoms with Crippen LogP contribution in [0.15, 0.2) is 4.99 Å². The zero-order valence-electron chi connectivity index (χ0n) is 7.76. The normalized spacial score (nSPS) is 10.6. The Morgan fingerprint density at radius 3 is 2.00 bits per heavy atom. The maximum Gasteiger partial charge on any atom is 1.00 e. The molecule has 0 aliphatic carbocycles. The molecule has 0 aliphatic rings. The van der Waals surface area contributed by atoms with Gasteiger partial charge < -0.3 is 4.99 Å². The number of rotatable bonds is 3. The zero-order chi connectivity index (χ0) is 7.28. The van der Waals surface area contributed by atoms with Crippen molar-refractivity contribution in [2.75, 3.05) is 0 Å². The SMILES string of the molecule is CC(C)C=N[CH-]C(C)C.[Li+]. The van der Waals surface area contributed by atoms with E-state index in [9.17, 15) is 0 Å². The Bertz CT molecular complexity index is 87.3. The molecule has 0 atom stereocenters. The molecule has 0 saturated carbocycles. The first-order valence-corrected chi connectivity index (χ1v) is 3.49. The van der Waals surface area contributed by atoms with Gasteiger partial charge in [-0.2, -0.15) is 0 Å². The van der Waals surface area contributed by atoms with Gasteiger partial charge >= 0.3 is 18.9 Å². The molecule has 2 heteroatoms. The molecule has 0 saturated heterocycles. The standard InChI is InChI=1S/C8H16N.Li/c1-7(2)5-9-6-8(3)4;/h5-8H,1-4H3;/q-1;+1. The van der Waals surface area contributed by atoms with Crippen LogP contribution in [0.3, 0.4) is 0 Å². The molecule has 0 rings (SSSR count). The average Bonchev–Trinajstić information content (AvgIpc) is 1.63. The third-order valence-electron chi connectivity index (χ3n) is 0.768. The van der Waals surface area contributed by atoms with E-state index in [-0.39, 0.29) is 18.9 Å². The van der Waals surface area contributed by atoms with Crippen LogP contribution in [-0.2, 0) is 0 Å². The molecule has 0 radical (unpaired) electrons. The van der Waals surface area contributed by atoms with E-state index in [4.69, 9.17) is 0 Å². The molecule has 0 aliphatic heterocycles. The summed E-state index contributed by atoms with van der Waals surface area (Å²) in [6.45, 7) is 10.4. The quantitative estimate of drug-likeness (QED) is 0.280. The van der Waals surface area contributed by atoms with Gasteiger partial charge in [0.05, 0.1) is 0 Å². The molecule has 10 heavy (non-hydrogen) atoms. The van der Waals surface area contributed by atoms with Gasteiger partial charge in [0, 0.05) is 0 Å². The summed E-state index contributed by atoms with van der Waals surface area (Å²) in [4.78, 5) is 4.12.